The van der Waals surface area contributed by atoms with Crippen molar-refractivity contribution in [2.45, 2.75) is 24.9 Å². The maximum absolute atomic E-state index is 5.53. The van der Waals surface area contributed by atoms with Crippen molar-refractivity contribution < 1.29 is 4.74 Å². The van der Waals surface area contributed by atoms with Crippen LogP contribution in [0, 0.1) is 0 Å². The van der Waals surface area contributed by atoms with E-state index in [9.17, 15) is 0 Å². The van der Waals surface area contributed by atoms with Crippen LogP contribution in [0.5, 0.6) is 0 Å². The van der Waals surface area contributed by atoms with Gasteiger partial charge in [-0.05, 0) is 24.5 Å². The van der Waals surface area contributed by atoms with Gasteiger partial charge < -0.3 is 9.64 Å². The Hall–Kier alpha value is -1.99. The molecule has 0 spiro atoms. The second-order valence-corrected chi connectivity index (χ2v) is 6.54. The summed E-state index contributed by atoms with van der Waals surface area (Å²) in [4.78, 5) is 13.9. The van der Waals surface area contributed by atoms with E-state index in [0.717, 1.165) is 51.6 Å². The summed E-state index contributed by atoms with van der Waals surface area (Å²) in [5.74, 6) is 0.835. The largest absolute Gasteiger partial charge is 0.379 e. The lowest BCUT2D eigenvalue weighted by molar-refractivity contribution is 0.0149. The normalized spacial score (nSPS) is 25.3. The van der Waals surface area contributed by atoms with Crippen LogP contribution in [0.25, 0.3) is 0 Å². The zero-order chi connectivity index (χ0) is 16.4. The minimum absolute atomic E-state index is 0.370. The standard InChI is InChI=1S/C17H24N6O/c1-21-13-14(12-20-21)11-16-15(22-7-9-24-10-8-22)3-6-23(16)17-18-4-2-5-19-17/h2,4-5,12-13,15-16H,3,6-11H2,1H3/t15-,16+/m1/s1. The second kappa shape index (κ2) is 6.86. The second-order valence-electron chi connectivity index (χ2n) is 6.54. The van der Waals surface area contributed by atoms with Gasteiger partial charge in [-0.3, -0.25) is 9.58 Å². The van der Waals surface area contributed by atoms with Gasteiger partial charge in [0.2, 0.25) is 5.95 Å². The van der Waals surface area contributed by atoms with Crippen molar-refractivity contribution in [2.75, 3.05) is 37.7 Å². The molecular formula is C17H24N6O. The minimum Gasteiger partial charge on any atom is -0.379 e. The number of hydrogen-bond donors (Lipinski definition) is 0. The van der Waals surface area contributed by atoms with E-state index < -0.39 is 0 Å². The number of nitrogens with zero attached hydrogens (tertiary/aromatic N) is 6. The zero-order valence-electron chi connectivity index (χ0n) is 14.1. The summed E-state index contributed by atoms with van der Waals surface area (Å²) in [6.45, 7) is 4.68. The molecule has 4 heterocycles. The van der Waals surface area contributed by atoms with Crippen LogP contribution >= 0.6 is 0 Å². The number of rotatable bonds is 4. The van der Waals surface area contributed by atoms with Gasteiger partial charge >= 0.3 is 0 Å². The lowest BCUT2D eigenvalue weighted by Gasteiger charge is -2.37. The number of morpholine rings is 1. The lowest BCUT2D eigenvalue weighted by Crippen LogP contribution is -2.50. The third-order valence-corrected chi connectivity index (χ3v) is 5.04. The molecule has 0 aromatic carbocycles. The van der Waals surface area contributed by atoms with Gasteiger partial charge in [0.1, 0.15) is 0 Å². The van der Waals surface area contributed by atoms with Crippen LogP contribution in [0.2, 0.25) is 0 Å². The lowest BCUT2D eigenvalue weighted by atomic mass is 10.0. The zero-order valence-corrected chi connectivity index (χ0v) is 14.1. The van der Waals surface area contributed by atoms with E-state index in [1.807, 2.05) is 36.4 Å². The first-order valence-corrected chi connectivity index (χ1v) is 8.64. The SMILES string of the molecule is Cn1cc(C[C@H]2[C@H](N3CCOCC3)CCN2c2ncccn2)cn1. The quantitative estimate of drug-likeness (QED) is 0.825. The number of hydrogen-bond acceptors (Lipinski definition) is 6. The molecule has 2 aromatic rings. The van der Waals surface area contributed by atoms with Gasteiger partial charge in [-0.15, -0.1) is 0 Å². The summed E-state index contributed by atoms with van der Waals surface area (Å²) in [6.07, 6.45) is 9.84. The van der Waals surface area contributed by atoms with Crippen LogP contribution in [0.3, 0.4) is 0 Å². The predicted molar refractivity (Wildman–Crippen MR) is 90.9 cm³/mol. The van der Waals surface area contributed by atoms with Crippen LogP contribution < -0.4 is 4.90 Å². The van der Waals surface area contributed by atoms with Gasteiger partial charge in [0.15, 0.2) is 0 Å². The van der Waals surface area contributed by atoms with E-state index in [0.29, 0.717) is 12.1 Å². The summed E-state index contributed by atoms with van der Waals surface area (Å²) in [6, 6.07) is 2.75. The molecule has 2 saturated heterocycles. The molecule has 0 unspecified atom stereocenters. The molecule has 128 valence electrons. The first kappa shape index (κ1) is 15.5. The molecule has 2 aliphatic rings. The average molecular weight is 328 g/mol. The van der Waals surface area contributed by atoms with Crippen LogP contribution in [0.15, 0.2) is 30.9 Å². The van der Waals surface area contributed by atoms with Crippen molar-refractivity contribution in [3.63, 3.8) is 0 Å². The summed E-state index contributed by atoms with van der Waals surface area (Å²) in [7, 11) is 1.97. The maximum Gasteiger partial charge on any atom is 0.225 e. The molecule has 2 atom stereocenters. The fraction of sp³-hybridized carbons (Fsp3) is 0.588. The van der Waals surface area contributed by atoms with E-state index in [4.69, 9.17) is 4.74 Å². The molecule has 4 rings (SSSR count). The van der Waals surface area contributed by atoms with E-state index in [1.54, 1.807) is 0 Å². The van der Waals surface area contributed by atoms with E-state index in [-0.39, 0.29) is 0 Å². The maximum atomic E-state index is 5.53. The predicted octanol–water partition coefficient (Wildman–Crippen LogP) is 0.732. The van der Waals surface area contributed by atoms with Crippen molar-refractivity contribution in [1.82, 2.24) is 24.6 Å². The monoisotopic (exact) mass is 328 g/mol. The Kier molecular flexibility index (Phi) is 4.44. The molecule has 2 aliphatic heterocycles. The first-order chi connectivity index (χ1) is 11.8. The van der Waals surface area contributed by atoms with E-state index in [1.165, 1.54) is 5.56 Å². The van der Waals surface area contributed by atoms with Crippen LogP contribution in [0.4, 0.5) is 5.95 Å². The Bertz CT molecular complexity index is 654. The van der Waals surface area contributed by atoms with Gasteiger partial charge in [0, 0.05) is 51.3 Å². The van der Waals surface area contributed by atoms with Gasteiger partial charge in [0.25, 0.3) is 0 Å². The van der Waals surface area contributed by atoms with Gasteiger partial charge in [-0.25, -0.2) is 9.97 Å². The smallest absolute Gasteiger partial charge is 0.225 e. The number of aryl methyl sites for hydroxylation is 1. The molecule has 0 radical (unpaired) electrons. The highest BCUT2D eigenvalue weighted by molar-refractivity contribution is 5.35. The Morgan fingerprint density at radius 2 is 1.96 bits per heavy atom. The number of ether oxygens (including phenoxy) is 1. The highest BCUT2D eigenvalue weighted by atomic mass is 16.5. The fourth-order valence-corrected chi connectivity index (χ4v) is 3.93. The molecule has 24 heavy (non-hydrogen) atoms. The van der Waals surface area contributed by atoms with E-state index in [2.05, 4.69) is 31.1 Å². The molecule has 0 N–H and O–H groups in total. The molecule has 0 bridgehead atoms. The Morgan fingerprint density at radius 3 is 2.67 bits per heavy atom. The fourth-order valence-electron chi connectivity index (χ4n) is 3.93. The molecule has 0 aliphatic carbocycles. The molecule has 2 aromatic heterocycles. The third-order valence-electron chi connectivity index (χ3n) is 5.04. The molecule has 0 amide bonds. The van der Waals surface area contributed by atoms with Crippen molar-refractivity contribution in [3.8, 4) is 0 Å². The van der Waals surface area contributed by atoms with Crippen molar-refractivity contribution in [3.05, 3.63) is 36.4 Å². The molecular weight excluding hydrogens is 304 g/mol. The van der Waals surface area contributed by atoms with E-state index >= 15 is 0 Å². The summed E-state index contributed by atoms with van der Waals surface area (Å²) in [5.41, 5.74) is 1.27. The van der Waals surface area contributed by atoms with Crippen LogP contribution in [-0.2, 0) is 18.2 Å². The summed E-state index contributed by atoms with van der Waals surface area (Å²) >= 11 is 0. The van der Waals surface area contributed by atoms with Gasteiger partial charge in [-0.2, -0.15) is 5.10 Å². The van der Waals surface area contributed by atoms with Crippen LogP contribution in [0.1, 0.15) is 12.0 Å². The number of anilines is 1. The minimum atomic E-state index is 0.370. The Balaban J connectivity index is 1.59. The number of aromatic nitrogens is 4. The summed E-state index contributed by atoms with van der Waals surface area (Å²) in [5, 5.41) is 4.33. The molecule has 7 heteroatoms. The van der Waals surface area contributed by atoms with Crippen molar-refractivity contribution >= 4 is 5.95 Å². The molecule has 7 nitrogen and oxygen atoms in total. The third kappa shape index (κ3) is 3.14. The highest BCUT2D eigenvalue weighted by Gasteiger charge is 2.39. The topological polar surface area (TPSA) is 59.3 Å². The van der Waals surface area contributed by atoms with Gasteiger partial charge in [-0.1, -0.05) is 0 Å². The van der Waals surface area contributed by atoms with Crippen molar-refractivity contribution in [1.29, 1.82) is 0 Å². The highest BCUT2D eigenvalue weighted by Crippen LogP contribution is 2.29. The first-order valence-electron chi connectivity index (χ1n) is 8.64. The Labute approximate surface area is 142 Å². The molecule has 2 fully saturated rings. The van der Waals surface area contributed by atoms with Crippen molar-refractivity contribution in [2.24, 2.45) is 7.05 Å². The molecule has 0 saturated carbocycles. The Morgan fingerprint density at radius 1 is 1.17 bits per heavy atom. The summed E-state index contributed by atoms with van der Waals surface area (Å²) < 4.78 is 7.41. The average Bonchev–Trinajstić information content (AvgIpc) is 3.23. The van der Waals surface area contributed by atoms with Crippen LogP contribution in [-0.4, -0.2) is 69.6 Å². The van der Waals surface area contributed by atoms with Gasteiger partial charge in [0.05, 0.1) is 25.5 Å².